The van der Waals surface area contributed by atoms with Gasteiger partial charge in [0, 0.05) is 25.1 Å². The Bertz CT molecular complexity index is 520. The van der Waals surface area contributed by atoms with Crippen LogP contribution in [0.3, 0.4) is 0 Å². The van der Waals surface area contributed by atoms with E-state index < -0.39 is 10.9 Å². The number of halogens is 1. The number of carboxylic acid groups (broad SMARTS) is 1. The van der Waals surface area contributed by atoms with Gasteiger partial charge in [-0.2, -0.15) is 0 Å². The first-order valence-corrected chi connectivity index (χ1v) is 7.49. The van der Waals surface area contributed by atoms with Gasteiger partial charge in [0.15, 0.2) is 0 Å². The van der Waals surface area contributed by atoms with Crippen LogP contribution in [0.1, 0.15) is 32.3 Å². The van der Waals surface area contributed by atoms with Crippen molar-refractivity contribution >= 4 is 27.6 Å². The largest absolute Gasteiger partial charge is 0.481 e. The molecule has 0 bridgehead atoms. The molecule has 1 N–H and O–H groups in total. The van der Waals surface area contributed by atoms with Gasteiger partial charge >= 0.3 is 5.97 Å². The van der Waals surface area contributed by atoms with Crippen molar-refractivity contribution in [3.63, 3.8) is 0 Å². The number of benzene rings is 1. The third-order valence-electron chi connectivity index (χ3n) is 3.19. The van der Waals surface area contributed by atoms with E-state index in [4.69, 9.17) is 5.11 Å². The van der Waals surface area contributed by atoms with Crippen LogP contribution < -0.4 is 0 Å². The molecule has 0 aliphatic carbocycles. The number of carbonyl (C=O) groups is 1. The topological polar surface area (TPSA) is 83.7 Å². The van der Waals surface area contributed by atoms with Gasteiger partial charge in [0.05, 0.1) is 9.40 Å². The number of nitro groups is 1. The maximum absolute atomic E-state index is 10.9. The van der Waals surface area contributed by atoms with Crippen molar-refractivity contribution in [2.45, 2.75) is 39.3 Å². The number of hydrogen-bond acceptors (Lipinski definition) is 4. The third-order valence-corrected chi connectivity index (χ3v) is 4.11. The monoisotopic (exact) mass is 358 g/mol. The summed E-state index contributed by atoms with van der Waals surface area (Å²) in [4.78, 5) is 23.2. The highest BCUT2D eigenvalue weighted by Gasteiger charge is 2.18. The number of carboxylic acids is 1. The normalized spacial score (nSPS) is 11.1. The quantitative estimate of drug-likeness (QED) is 0.568. The fourth-order valence-electron chi connectivity index (χ4n) is 2.00. The van der Waals surface area contributed by atoms with Crippen molar-refractivity contribution in [3.8, 4) is 0 Å². The summed E-state index contributed by atoms with van der Waals surface area (Å²) in [5.41, 5.74) is 0.870. The molecule has 1 aromatic carbocycles. The van der Waals surface area contributed by atoms with Gasteiger partial charge in [-0.05, 0) is 48.3 Å². The molecule has 0 amide bonds. The van der Waals surface area contributed by atoms with E-state index in [1.807, 2.05) is 19.9 Å². The average molecular weight is 359 g/mol. The fraction of sp³-hybridized carbons (Fsp3) is 0.500. The van der Waals surface area contributed by atoms with Crippen LogP contribution in [0, 0.1) is 10.1 Å². The van der Waals surface area contributed by atoms with Crippen LogP contribution in [-0.2, 0) is 11.3 Å². The van der Waals surface area contributed by atoms with Crippen LogP contribution >= 0.6 is 15.9 Å². The zero-order valence-electron chi connectivity index (χ0n) is 12.1. The fourth-order valence-corrected chi connectivity index (χ4v) is 2.54. The molecule has 0 aliphatic rings. The van der Waals surface area contributed by atoms with Gasteiger partial charge in [0.25, 0.3) is 5.69 Å². The molecule has 7 heteroatoms. The van der Waals surface area contributed by atoms with Crippen LogP contribution in [0.15, 0.2) is 22.7 Å². The minimum atomic E-state index is -0.810. The van der Waals surface area contributed by atoms with Crippen molar-refractivity contribution in [2.75, 3.05) is 6.54 Å². The summed E-state index contributed by atoms with van der Waals surface area (Å²) in [6.07, 6.45) is 0.680. The molecular formula is C14H19BrN2O4. The number of nitro benzene ring substituents is 1. The summed E-state index contributed by atoms with van der Waals surface area (Å²) in [7, 11) is 0. The second-order valence-electron chi connectivity index (χ2n) is 5.07. The smallest absolute Gasteiger partial charge is 0.303 e. The molecule has 0 heterocycles. The van der Waals surface area contributed by atoms with E-state index in [0.29, 0.717) is 24.0 Å². The van der Waals surface area contributed by atoms with Crippen LogP contribution in [0.5, 0.6) is 0 Å². The van der Waals surface area contributed by atoms with Crippen molar-refractivity contribution in [2.24, 2.45) is 0 Å². The molecule has 0 aromatic heterocycles. The summed E-state index contributed by atoms with van der Waals surface area (Å²) >= 11 is 3.29. The lowest BCUT2D eigenvalue weighted by Crippen LogP contribution is -2.31. The van der Waals surface area contributed by atoms with Gasteiger partial charge in [-0.1, -0.05) is 12.1 Å². The molecule has 0 unspecified atom stereocenters. The average Bonchev–Trinajstić information content (AvgIpc) is 2.38. The molecule has 116 valence electrons. The Morgan fingerprint density at radius 2 is 2.14 bits per heavy atom. The highest BCUT2D eigenvalue weighted by atomic mass is 79.9. The Balaban J connectivity index is 2.82. The predicted molar refractivity (Wildman–Crippen MR) is 83.2 cm³/mol. The number of hydrogen-bond donors (Lipinski definition) is 1. The molecule has 0 spiro atoms. The van der Waals surface area contributed by atoms with Gasteiger partial charge < -0.3 is 5.11 Å². The Labute approximate surface area is 132 Å². The van der Waals surface area contributed by atoms with Crippen molar-refractivity contribution < 1.29 is 14.8 Å². The first-order valence-electron chi connectivity index (χ1n) is 6.70. The lowest BCUT2D eigenvalue weighted by molar-refractivity contribution is -0.385. The number of nitrogens with zero attached hydrogens (tertiary/aromatic N) is 2. The summed E-state index contributed by atoms with van der Waals surface area (Å²) in [6, 6.07) is 5.18. The van der Waals surface area contributed by atoms with Gasteiger partial charge in [-0.25, -0.2) is 0 Å². The minimum Gasteiger partial charge on any atom is -0.481 e. The highest BCUT2D eigenvalue weighted by Crippen LogP contribution is 2.29. The van der Waals surface area contributed by atoms with Crippen molar-refractivity contribution in [1.29, 1.82) is 0 Å². The van der Waals surface area contributed by atoms with Gasteiger partial charge in [0.2, 0.25) is 0 Å². The lowest BCUT2D eigenvalue weighted by atomic mass is 10.1. The van der Waals surface area contributed by atoms with Crippen LogP contribution in [0.25, 0.3) is 0 Å². The number of aliphatic carboxylic acids is 1. The summed E-state index contributed by atoms with van der Waals surface area (Å²) in [5, 5.41) is 19.6. The molecule has 0 atom stereocenters. The van der Waals surface area contributed by atoms with Crippen LogP contribution in [0.4, 0.5) is 5.69 Å². The Morgan fingerprint density at radius 1 is 1.48 bits per heavy atom. The summed E-state index contributed by atoms with van der Waals surface area (Å²) < 4.78 is 0.485. The zero-order chi connectivity index (χ0) is 16.0. The zero-order valence-corrected chi connectivity index (χ0v) is 13.7. The molecule has 1 rings (SSSR count). The first kappa shape index (κ1) is 17.6. The van der Waals surface area contributed by atoms with Crippen molar-refractivity contribution in [1.82, 2.24) is 4.90 Å². The molecule has 0 radical (unpaired) electrons. The number of rotatable bonds is 8. The van der Waals surface area contributed by atoms with E-state index in [1.165, 1.54) is 6.07 Å². The first-order chi connectivity index (χ1) is 9.82. The van der Waals surface area contributed by atoms with E-state index in [1.54, 1.807) is 6.07 Å². The van der Waals surface area contributed by atoms with Crippen LogP contribution in [0.2, 0.25) is 0 Å². The summed E-state index contributed by atoms with van der Waals surface area (Å²) in [6.45, 7) is 5.22. The van der Waals surface area contributed by atoms with Gasteiger partial charge in [0.1, 0.15) is 0 Å². The molecule has 0 saturated heterocycles. The van der Waals surface area contributed by atoms with E-state index >= 15 is 0 Å². The van der Waals surface area contributed by atoms with Gasteiger partial charge in [-0.3, -0.25) is 19.8 Å². The summed E-state index contributed by atoms with van der Waals surface area (Å²) in [5.74, 6) is -0.810. The molecular weight excluding hydrogens is 340 g/mol. The van der Waals surface area contributed by atoms with E-state index in [0.717, 1.165) is 5.56 Å². The van der Waals surface area contributed by atoms with E-state index in [-0.39, 0.29) is 18.2 Å². The Hall–Kier alpha value is -1.47. The minimum absolute atomic E-state index is 0.0433. The molecule has 6 nitrogen and oxygen atoms in total. The SMILES string of the molecule is CC(C)N(CCCC(=O)O)Cc1cccc([N+](=O)[O-])c1Br. The standard InChI is InChI=1S/C14H19BrN2O4/c1-10(2)16(8-4-7-13(18)19)9-11-5-3-6-12(14(11)15)17(20)21/h3,5-6,10H,4,7-9H2,1-2H3,(H,18,19). The molecule has 0 saturated carbocycles. The molecule has 1 aromatic rings. The maximum Gasteiger partial charge on any atom is 0.303 e. The Morgan fingerprint density at radius 3 is 2.67 bits per heavy atom. The predicted octanol–water partition coefficient (Wildman–Crippen LogP) is 3.43. The maximum atomic E-state index is 10.9. The molecule has 0 fully saturated rings. The van der Waals surface area contributed by atoms with Crippen LogP contribution in [-0.4, -0.2) is 33.5 Å². The van der Waals surface area contributed by atoms with Gasteiger partial charge in [-0.15, -0.1) is 0 Å². The molecule has 21 heavy (non-hydrogen) atoms. The third kappa shape index (κ3) is 5.43. The van der Waals surface area contributed by atoms with Crippen molar-refractivity contribution in [3.05, 3.63) is 38.3 Å². The van der Waals surface area contributed by atoms with E-state index in [2.05, 4.69) is 20.8 Å². The lowest BCUT2D eigenvalue weighted by Gasteiger charge is -2.26. The Kier molecular flexibility index (Phi) is 6.77. The second kappa shape index (κ2) is 8.09. The second-order valence-corrected chi connectivity index (χ2v) is 5.86. The van der Waals surface area contributed by atoms with E-state index in [9.17, 15) is 14.9 Å². The molecule has 0 aliphatic heterocycles. The highest BCUT2D eigenvalue weighted by molar-refractivity contribution is 9.10.